The monoisotopic (exact) mass is 449 g/mol. The third-order valence-corrected chi connectivity index (χ3v) is 6.89. The van der Waals surface area contributed by atoms with Crippen molar-refractivity contribution in [1.29, 1.82) is 0 Å². The maximum Gasteiger partial charge on any atom is 0.137 e. The molecule has 0 bridgehead atoms. The summed E-state index contributed by atoms with van der Waals surface area (Å²) in [5.74, 6) is -1.27. The van der Waals surface area contributed by atoms with E-state index in [1.54, 1.807) is 23.3 Å². The van der Waals surface area contributed by atoms with E-state index in [0.717, 1.165) is 22.9 Å². The second-order valence-corrected chi connectivity index (χ2v) is 9.62. The van der Waals surface area contributed by atoms with E-state index in [-0.39, 0.29) is 5.92 Å². The summed E-state index contributed by atoms with van der Waals surface area (Å²) in [4.78, 5) is 4.09. The third kappa shape index (κ3) is 4.08. The van der Waals surface area contributed by atoms with Gasteiger partial charge < -0.3 is 0 Å². The second kappa shape index (κ2) is 8.54. The Morgan fingerprint density at radius 3 is 2.24 bits per heavy atom. The van der Waals surface area contributed by atoms with Crippen molar-refractivity contribution in [2.75, 3.05) is 0 Å². The topological polar surface area (TPSA) is 48.5 Å². The number of hydrogen-bond acceptors (Lipinski definition) is 3. The van der Waals surface area contributed by atoms with Crippen LogP contribution in [0.25, 0.3) is 11.3 Å². The minimum absolute atomic E-state index is 0.123. The van der Waals surface area contributed by atoms with Crippen LogP contribution < -0.4 is 0 Å². The van der Waals surface area contributed by atoms with Gasteiger partial charge in [-0.25, -0.2) is 13.8 Å². The normalized spacial score (nSPS) is 14.8. The Balaban J connectivity index is 1.87. The number of hydrogen-bond donors (Lipinski definition) is 0. The van der Waals surface area contributed by atoms with Crippen molar-refractivity contribution in [3.63, 3.8) is 0 Å². The van der Waals surface area contributed by atoms with E-state index in [1.807, 2.05) is 17.8 Å². The van der Waals surface area contributed by atoms with E-state index in [1.165, 1.54) is 12.4 Å². The number of rotatable bonds is 6. The van der Waals surface area contributed by atoms with Crippen LogP contribution in [0.1, 0.15) is 44.7 Å². The molecule has 33 heavy (non-hydrogen) atoms. The fourth-order valence-electron chi connectivity index (χ4n) is 5.05. The predicted molar refractivity (Wildman–Crippen MR) is 125 cm³/mol. The van der Waals surface area contributed by atoms with Gasteiger partial charge in [-0.15, -0.1) is 0 Å². The Morgan fingerprint density at radius 2 is 1.70 bits per heavy atom. The maximum atomic E-state index is 15.4. The van der Waals surface area contributed by atoms with Crippen molar-refractivity contribution in [3.05, 3.63) is 90.1 Å². The highest BCUT2D eigenvalue weighted by atomic mass is 19.1. The fraction of sp³-hybridized carbons (Fsp3) is 0.346. The Labute approximate surface area is 193 Å². The Bertz CT molecular complexity index is 1220. The summed E-state index contributed by atoms with van der Waals surface area (Å²) in [5.41, 5.74) is 2.44. The average Bonchev–Trinajstić information content (AvgIpc) is 3.43. The zero-order valence-electron chi connectivity index (χ0n) is 19.6. The summed E-state index contributed by atoms with van der Waals surface area (Å²) in [6.07, 6.45) is 4.88. The van der Waals surface area contributed by atoms with Crippen molar-refractivity contribution >= 4 is 0 Å². The molecule has 0 N–H and O–H groups in total. The van der Waals surface area contributed by atoms with Crippen LogP contribution in [0.3, 0.4) is 0 Å². The molecule has 4 rings (SSSR count). The van der Waals surface area contributed by atoms with Crippen LogP contribution in [0.4, 0.5) is 8.78 Å². The van der Waals surface area contributed by atoms with E-state index in [4.69, 9.17) is 0 Å². The van der Waals surface area contributed by atoms with Crippen LogP contribution >= 0.6 is 0 Å². The van der Waals surface area contributed by atoms with E-state index < -0.39 is 22.5 Å². The van der Waals surface area contributed by atoms with Crippen molar-refractivity contribution in [3.8, 4) is 11.3 Å². The molecule has 4 aromatic rings. The van der Waals surface area contributed by atoms with E-state index in [9.17, 15) is 4.39 Å². The quantitative estimate of drug-likeness (QED) is 0.377. The summed E-state index contributed by atoms with van der Waals surface area (Å²) in [6.45, 7) is 8.77. The number of aromatic nitrogens is 5. The molecule has 0 aliphatic rings. The predicted octanol–water partition coefficient (Wildman–Crippen LogP) is 5.74. The summed E-state index contributed by atoms with van der Waals surface area (Å²) in [5, 5.41) is 8.57. The summed E-state index contributed by atoms with van der Waals surface area (Å²) in [6, 6.07) is 14.1. The van der Waals surface area contributed by atoms with E-state index in [0.29, 0.717) is 12.1 Å². The minimum atomic E-state index is -0.744. The molecule has 0 amide bonds. The van der Waals surface area contributed by atoms with Gasteiger partial charge in [0.25, 0.3) is 0 Å². The van der Waals surface area contributed by atoms with Crippen LogP contribution in [0.5, 0.6) is 0 Å². The van der Waals surface area contributed by atoms with Gasteiger partial charge in [-0.2, -0.15) is 10.2 Å². The minimum Gasteiger partial charge on any atom is -0.268 e. The average molecular weight is 450 g/mol. The lowest BCUT2D eigenvalue weighted by atomic mass is 9.55. The molecular weight excluding hydrogens is 420 g/mol. The lowest BCUT2D eigenvalue weighted by Crippen LogP contribution is -2.48. The first kappa shape index (κ1) is 22.8. The van der Waals surface area contributed by atoms with Gasteiger partial charge >= 0.3 is 0 Å². The Morgan fingerprint density at radius 1 is 0.970 bits per heavy atom. The van der Waals surface area contributed by atoms with Crippen LogP contribution in [-0.2, 0) is 19.0 Å². The molecule has 2 heterocycles. The van der Waals surface area contributed by atoms with Crippen molar-refractivity contribution in [2.24, 2.45) is 12.5 Å². The molecular formula is C26H29F2N5. The fourth-order valence-corrected chi connectivity index (χ4v) is 5.05. The second-order valence-electron chi connectivity index (χ2n) is 9.62. The molecule has 2 aromatic carbocycles. The number of aryl methyl sites for hydroxylation is 1. The first-order valence-corrected chi connectivity index (χ1v) is 11.0. The summed E-state index contributed by atoms with van der Waals surface area (Å²) < 4.78 is 32.8. The van der Waals surface area contributed by atoms with Gasteiger partial charge in [-0.1, -0.05) is 58.0 Å². The first-order chi connectivity index (χ1) is 15.6. The molecule has 0 aliphatic carbocycles. The highest BCUT2D eigenvalue weighted by Crippen LogP contribution is 2.53. The van der Waals surface area contributed by atoms with Gasteiger partial charge in [0.1, 0.15) is 24.3 Å². The Kier molecular flexibility index (Phi) is 5.91. The van der Waals surface area contributed by atoms with Crippen LogP contribution in [-0.4, -0.2) is 24.5 Å². The smallest absolute Gasteiger partial charge is 0.137 e. The van der Waals surface area contributed by atoms with Crippen LogP contribution in [0.2, 0.25) is 0 Å². The highest BCUT2D eigenvalue weighted by molar-refractivity contribution is 5.59. The molecule has 0 aliphatic heterocycles. The van der Waals surface area contributed by atoms with Crippen molar-refractivity contribution in [2.45, 2.75) is 45.6 Å². The molecule has 2 atom stereocenters. The molecule has 0 spiro atoms. The van der Waals surface area contributed by atoms with Gasteiger partial charge in [0, 0.05) is 24.7 Å². The molecule has 0 fully saturated rings. The third-order valence-electron chi connectivity index (χ3n) is 6.89. The number of halogens is 2. The molecule has 0 saturated heterocycles. The lowest BCUT2D eigenvalue weighted by molar-refractivity contribution is 0.115. The first-order valence-electron chi connectivity index (χ1n) is 11.0. The van der Waals surface area contributed by atoms with Crippen molar-refractivity contribution in [1.82, 2.24) is 24.5 Å². The molecule has 0 radical (unpaired) electrons. The van der Waals surface area contributed by atoms with Crippen LogP contribution in [0.15, 0.2) is 67.4 Å². The van der Waals surface area contributed by atoms with E-state index in [2.05, 4.69) is 67.1 Å². The van der Waals surface area contributed by atoms with Gasteiger partial charge in [0.2, 0.25) is 0 Å². The summed E-state index contributed by atoms with van der Waals surface area (Å²) in [7, 11) is 1.91. The molecule has 5 nitrogen and oxygen atoms in total. The lowest BCUT2D eigenvalue weighted by Gasteiger charge is -2.50. The number of benzene rings is 2. The van der Waals surface area contributed by atoms with E-state index >= 15 is 4.39 Å². The molecule has 1 unspecified atom stereocenters. The standard InChI is InChI=1S/C26H29F2N5/c1-18(19-6-8-20(9-7-19)24-12-13-30-32(24)5)26(25(2,3)4,15-33-17-29-16-31-33)22-11-10-21(27)14-23(22)28/h6-14,16-18H,15H2,1-5H3/t18-,26?/m0/s1. The molecule has 2 aromatic heterocycles. The van der Waals surface area contributed by atoms with Gasteiger partial charge in [0.15, 0.2) is 0 Å². The number of nitrogens with zero attached hydrogens (tertiary/aromatic N) is 5. The summed E-state index contributed by atoms with van der Waals surface area (Å²) >= 11 is 0. The van der Waals surface area contributed by atoms with Gasteiger partial charge in [0.05, 0.1) is 12.2 Å². The largest absolute Gasteiger partial charge is 0.268 e. The zero-order chi connectivity index (χ0) is 23.8. The van der Waals surface area contributed by atoms with Gasteiger partial charge in [-0.3, -0.25) is 9.36 Å². The molecule has 7 heteroatoms. The zero-order valence-corrected chi connectivity index (χ0v) is 19.6. The van der Waals surface area contributed by atoms with Gasteiger partial charge in [-0.05, 0) is 40.2 Å². The SMILES string of the molecule is C[C@@H](c1ccc(-c2ccnn2C)cc1)C(Cn1cncn1)(c1ccc(F)cc1F)C(C)(C)C. The van der Waals surface area contributed by atoms with Crippen LogP contribution in [0, 0.1) is 17.0 Å². The maximum absolute atomic E-state index is 15.4. The Hall–Kier alpha value is -3.35. The molecule has 0 saturated carbocycles. The highest BCUT2D eigenvalue weighted by Gasteiger charge is 2.50. The van der Waals surface area contributed by atoms with Crippen molar-refractivity contribution < 1.29 is 8.78 Å². The molecule has 172 valence electrons.